The Bertz CT molecular complexity index is 1020. The van der Waals surface area contributed by atoms with Gasteiger partial charge in [0.1, 0.15) is 5.60 Å². The second-order valence-corrected chi connectivity index (χ2v) is 10.1. The molecule has 0 fully saturated rings. The summed E-state index contributed by atoms with van der Waals surface area (Å²) in [6.45, 7) is 9.71. The summed E-state index contributed by atoms with van der Waals surface area (Å²) in [6.07, 6.45) is -0.416. The number of hydrogen-bond acceptors (Lipinski definition) is 5. The van der Waals surface area contributed by atoms with E-state index in [2.05, 4.69) is 10.6 Å². The van der Waals surface area contributed by atoms with Gasteiger partial charge in [-0.3, -0.25) is 10.1 Å². The molecule has 0 aliphatic heterocycles. The molecule has 0 atom stereocenters. The quantitative estimate of drug-likeness (QED) is 0.612. The second-order valence-electron chi connectivity index (χ2n) is 8.16. The predicted molar refractivity (Wildman–Crippen MR) is 125 cm³/mol. The van der Waals surface area contributed by atoms with Crippen LogP contribution in [0.1, 0.15) is 40.2 Å². The van der Waals surface area contributed by atoms with E-state index in [0.29, 0.717) is 24.5 Å². The van der Waals surface area contributed by atoms with Crippen LogP contribution < -0.4 is 10.6 Å². The minimum atomic E-state index is -3.54. The summed E-state index contributed by atoms with van der Waals surface area (Å²) in [5, 5.41) is 5.40. The lowest BCUT2D eigenvalue weighted by atomic mass is 10.1. The van der Waals surface area contributed by atoms with E-state index < -0.39 is 21.7 Å². The molecule has 8 nitrogen and oxygen atoms in total. The molecule has 32 heavy (non-hydrogen) atoms. The van der Waals surface area contributed by atoms with Crippen molar-refractivity contribution >= 4 is 33.4 Å². The van der Waals surface area contributed by atoms with Gasteiger partial charge in [-0.25, -0.2) is 13.2 Å². The highest BCUT2D eigenvalue weighted by Crippen LogP contribution is 2.19. The Balaban J connectivity index is 1.94. The van der Waals surface area contributed by atoms with E-state index in [1.54, 1.807) is 71.0 Å². The van der Waals surface area contributed by atoms with Crippen LogP contribution in [0.4, 0.5) is 16.2 Å². The van der Waals surface area contributed by atoms with Crippen LogP contribution in [0, 0.1) is 0 Å². The minimum Gasteiger partial charge on any atom is -0.444 e. The van der Waals surface area contributed by atoms with E-state index >= 15 is 0 Å². The first-order valence-corrected chi connectivity index (χ1v) is 11.9. The van der Waals surface area contributed by atoms with Crippen molar-refractivity contribution in [2.45, 2.75) is 51.5 Å². The molecule has 0 aromatic heterocycles. The van der Waals surface area contributed by atoms with Gasteiger partial charge in [-0.15, -0.1) is 0 Å². The largest absolute Gasteiger partial charge is 0.444 e. The minimum absolute atomic E-state index is 0.131. The summed E-state index contributed by atoms with van der Waals surface area (Å²) in [5.74, 6) is -0.239. The van der Waals surface area contributed by atoms with Crippen molar-refractivity contribution in [1.29, 1.82) is 0 Å². The normalized spacial score (nSPS) is 11.8. The van der Waals surface area contributed by atoms with Crippen LogP contribution in [0.3, 0.4) is 0 Å². The summed E-state index contributed by atoms with van der Waals surface area (Å²) in [5.41, 5.74) is 1.25. The van der Waals surface area contributed by atoms with Gasteiger partial charge in [0.25, 0.3) is 0 Å². The van der Waals surface area contributed by atoms with Gasteiger partial charge in [-0.1, -0.05) is 26.0 Å². The van der Waals surface area contributed by atoms with Crippen molar-refractivity contribution in [3.05, 3.63) is 54.1 Å². The highest BCUT2D eigenvalue weighted by atomic mass is 32.2. The zero-order valence-electron chi connectivity index (χ0n) is 19.1. The highest BCUT2D eigenvalue weighted by Gasteiger charge is 2.21. The number of nitrogens with zero attached hydrogens (tertiary/aromatic N) is 1. The zero-order valence-corrected chi connectivity index (χ0v) is 20.0. The molecule has 2 aromatic carbocycles. The van der Waals surface area contributed by atoms with Gasteiger partial charge in [0.2, 0.25) is 15.9 Å². The van der Waals surface area contributed by atoms with Crippen molar-refractivity contribution in [2.24, 2.45) is 0 Å². The lowest BCUT2D eigenvalue weighted by Gasteiger charge is -2.19. The number of carbonyl (C=O) groups is 2. The third kappa shape index (κ3) is 7.35. The monoisotopic (exact) mass is 461 g/mol. The van der Waals surface area contributed by atoms with Crippen molar-refractivity contribution in [3.63, 3.8) is 0 Å². The first kappa shape index (κ1) is 25.4. The first-order valence-electron chi connectivity index (χ1n) is 10.4. The molecule has 0 aliphatic carbocycles. The number of carbonyl (C=O) groups excluding carboxylic acids is 2. The third-order valence-corrected chi connectivity index (χ3v) is 6.51. The van der Waals surface area contributed by atoms with Gasteiger partial charge in [0.05, 0.1) is 11.3 Å². The van der Waals surface area contributed by atoms with Crippen molar-refractivity contribution < 1.29 is 22.7 Å². The van der Waals surface area contributed by atoms with E-state index in [4.69, 9.17) is 4.74 Å². The van der Waals surface area contributed by atoms with Crippen molar-refractivity contribution in [1.82, 2.24) is 4.31 Å². The van der Waals surface area contributed by atoms with Gasteiger partial charge < -0.3 is 10.1 Å². The molecule has 0 aliphatic rings. The number of amides is 2. The van der Waals surface area contributed by atoms with Crippen molar-refractivity contribution in [2.75, 3.05) is 23.7 Å². The fraction of sp³-hybridized carbons (Fsp3) is 0.391. The number of rotatable bonds is 8. The lowest BCUT2D eigenvalue weighted by Crippen LogP contribution is -2.30. The van der Waals surface area contributed by atoms with Gasteiger partial charge in [0.15, 0.2) is 0 Å². The second kappa shape index (κ2) is 10.6. The predicted octanol–water partition coefficient (Wildman–Crippen LogP) is 4.25. The Morgan fingerprint density at radius 1 is 0.875 bits per heavy atom. The lowest BCUT2D eigenvalue weighted by molar-refractivity contribution is -0.115. The molecular weight excluding hydrogens is 430 g/mol. The van der Waals surface area contributed by atoms with E-state index in [1.165, 1.54) is 16.4 Å². The van der Waals surface area contributed by atoms with Gasteiger partial charge >= 0.3 is 6.09 Å². The average Bonchev–Trinajstić information content (AvgIpc) is 2.69. The Morgan fingerprint density at radius 2 is 1.38 bits per heavy atom. The Hall–Kier alpha value is -2.91. The third-order valence-electron chi connectivity index (χ3n) is 4.45. The van der Waals surface area contributed by atoms with Crippen LogP contribution in [0.25, 0.3) is 0 Å². The molecular formula is C23H31N3O5S. The standard InChI is InChI=1S/C23H31N3O5S/c1-6-26(7-2)32(29,30)20-14-12-18(13-15-20)24-21(27)16-17-8-10-19(11-9-17)25-22(28)31-23(3,4)5/h8-15H,6-7,16H2,1-5H3,(H,24,27)(H,25,28). The Kier molecular flexibility index (Phi) is 8.40. The topological polar surface area (TPSA) is 105 Å². The molecule has 0 bridgehead atoms. The summed E-state index contributed by atoms with van der Waals surface area (Å²) in [7, 11) is -3.54. The number of hydrogen-bond donors (Lipinski definition) is 2. The molecule has 2 aromatic rings. The molecule has 0 unspecified atom stereocenters. The van der Waals surface area contributed by atoms with E-state index in [9.17, 15) is 18.0 Å². The average molecular weight is 462 g/mol. The van der Waals surface area contributed by atoms with Gasteiger partial charge in [0, 0.05) is 24.5 Å². The molecule has 2 N–H and O–H groups in total. The number of anilines is 2. The van der Waals surface area contributed by atoms with Crippen LogP contribution >= 0.6 is 0 Å². The molecule has 174 valence electrons. The van der Waals surface area contributed by atoms with E-state index in [0.717, 1.165) is 5.56 Å². The summed E-state index contributed by atoms with van der Waals surface area (Å²) in [6, 6.07) is 13.0. The number of sulfonamides is 1. The summed E-state index contributed by atoms with van der Waals surface area (Å²) >= 11 is 0. The zero-order chi connectivity index (χ0) is 23.9. The van der Waals surface area contributed by atoms with Crippen molar-refractivity contribution in [3.8, 4) is 0 Å². The Morgan fingerprint density at radius 3 is 1.88 bits per heavy atom. The number of nitrogens with one attached hydrogen (secondary N) is 2. The maximum atomic E-state index is 12.5. The van der Waals surface area contributed by atoms with E-state index in [1.807, 2.05) is 0 Å². The first-order chi connectivity index (χ1) is 14.9. The number of benzene rings is 2. The van der Waals surface area contributed by atoms with E-state index in [-0.39, 0.29) is 17.2 Å². The fourth-order valence-electron chi connectivity index (χ4n) is 2.94. The number of ether oxygens (including phenoxy) is 1. The molecule has 0 spiro atoms. The molecule has 0 heterocycles. The van der Waals surface area contributed by atoms with Crippen LogP contribution in [-0.4, -0.2) is 43.4 Å². The van der Waals surface area contributed by atoms with Crippen LogP contribution in [-0.2, 0) is 26.0 Å². The molecule has 0 radical (unpaired) electrons. The Labute approximate surface area is 190 Å². The molecule has 0 saturated carbocycles. The summed E-state index contributed by atoms with van der Waals surface area (Å²) in [4.78, 5) is 24.4. The van der Waals surface area contributed by atoms with Crippen LogP contribution in [0.2, 0.25) is 0 Å². The maximum absolute atomic E-state index is 12.5. The molecule has 9 heteroatoms. The van der Waals surface area contributed by atoms with Crippen LogP contribution in [0.15, 0.2) is 53.4 Å². The maximum Gasteiger partial charge on any atom is 0.412 e. The smallest absolute Gasteiger partial charge is 0.412 e. The molecule has 2 rings (SSSR count). The summed E-state index contributed by atoms with van der Waals surface area (Å²) < 4.78 is 31.7. The molecule has 0 saturated heterocycles. The SMILES string of the molecule is CCN(CC)S(=O)(=O)c1ccc(NC(=O)Cc2ccc(NC(=O)OC(C)(C)C)cc2)cc1. The van der Waals surface area contributed by atoms with Crippen LogP contribution in [0.5, 0.6) is 0 Å². The van der Waals surface area contributed by atoms with Gasteiger partial charge in [-0.2, -0.15) is 4.31 Å². The molecule has 2 amide bonds. The van der Waals surface area contributed by atoms with Gasteiger partial charge in [-0.05, 0) is 62.7 Å². The highest BCUT2D eigenvalue weighted by molar-refractivity contribution is 7.89. The fourth-order valence-corrected chi connectivity index (χ4v) is 4.40.